The van der Waals surface area contributed by atoms with Gasteiger partial charge in [0.2, 0.25) is 0 Å². The molecule has 0 radical (unpaired) electrons. The molecule has 27 heavy (non-hydrogen) atoms. The molecule has 3 rings (SSSR count). The topological polar surface area (TPSA) is 59.3 Å². The van der Waals surface area contributed by atoms with E-state index in [1.165, 1.54) is 0 Å². The van der Waals surface area contributed by atoms with Crippen molar-refractivity contribution in [3.8, 4) is 22.7 Å². The van der Waals surface area contributed by atoms with Gasteiger partial charge >= 0.3 is 0 Å². The van der Waals surface area contributed by atoms with Crippen LogP contribution in [0.1, 0.15) is 25.8 Å². The van der Waals surface area contributed by atoms with Gasteiger partial charge < -0.3 is 15.2 Å². The second kappa shape index (κ2) is 9.35. The number of nitrogens with one attached hydrogen (secondary N) is 1. The van der Waals surface area contributed by atoms with E-state index in [0.717, 1.165) is 41.2 Å². The van der Waals surface area contributed by atoms with Crippen molar-refractivity contribution in [2.75, 3.05) is 13.2 Å². The quantitative estimate of drug-likeness (QED) is 0.566. The van der Waals surface area contributed by atoms with Gasteiger partial charge in [-0.2, -0.15) is 5.10 Å². The molecule has 5 nitrogen and oxygen atoms in total. The third-order valence-corrected chi connectivity index (χ3v) is 4.14. The molecule has 0 atom stereocenters. The molecule has 0 bridgehead atoms. The summed E-state index contributed by atoms with van der Waals surface area (Å²) in [6, 6.07) is 18.2. The van der Waals surface area contributed by atoms with Crippen LogP contribution in [0.5, 0.6) is 5.75 Å². The fourth-order valence-electron chi connectivity index (χ4n) is 2.89. The SMILES string of the molecule is CC(C)Oc1ccc(-c2nn(-c3ccccc3)cc2CNCCCO)cc1. The molecule has 1 heterocycles. The van der Waals surface area contributed by atoms with Gasteiger partial charge in [0.15, 0.2) is 0 Å². The van der Waals surface area contributed by atoms with E-state index >= 15 is 0 Å². The van der Waals surface area contributed by atoms with Crippen LogP contribution in [-0.4, -0.2) is 34.1 Å². The number of para-hydroxylation sites is 1. The average Bonchev–Trinajstić information content (AvgIpc) is 3.10. The largest absolute Gasteiger partial charge is 0.491 e. The molecule has 5 heteroatoms. The Kier molecular flexibility index (Phi) is 6.63. The van der Waals surface area contributed by atoms with Crippen LogP contribution >= 0.6 is 0 Å². The Balaban J connectivity index is 1.88. The average molecular weight is 365 g/mol. The maximum Gasteiger partial charge on any atom is 0.119 e. The normalized spacial score (nSPS) is 11.1. The molecule has 0 fully saturated rings. The molecular formula is C22H27N3O2. The first-order valence-electron chi connectivity index (χ1n) is 9.40. The van der Waals surface area contributed by atoms with E-state index in [2.05, 4.69) is 11.5 Å². The van der Waals surface area contributed by atoms with Crippen molar-refractivity contribution in [3.05, 3.63) is 66.4 Å². The van der Waals surface area contributed by atoms with Crippen molar-refractivity contribution in [2.45, 2.75) is 32.9 Å². The van der Waals surface area contributed by atoms with Crippen molar-refractivity contribution in [3.63, 3.8) is 0 Å². The molecule has 0 aliphatic rings. The first-order chi connectivity index (χ1) is 13.2. The third-order valence-electron chi connectivity index (χ3n) is 4.14. The molecule has 0 aliphatic heterocycles. The predicted molar refractivity (Wildman–Crippen MR) is 108 cm³/mol. The van der Waals surface area contributed by atoms with Gasteiger partial charge in [-0.25, -0.2) is 4.68 Å². The highest BCUT2D eigenvalue weighted by Gasteiger charge is 2.12. The molecule has 0 unspecified atom stereocenters. The van der Waals surface area contributed by atoms with Gasteiger partial charge in [0.05, 0.1) is 17.5 Å². The summed E-state index contributed by atoms with van der Waals surface area (Å²) in [5, 5.41) is 17.2. The van der Waals surface area contributed by atoms with E-state index in [1.807, 2.05) is 73.1 Å². The summed E-state index contributed by atoms with van der Waals surface area (Å²) >= 11 is 0. The van der Waals surface area contributed by atoms with Crippen molar-refractivity contribution in [1.29, 1.82) is 0 Å². The van der Waals surface area contributed by atoms with Crippen molar-refractivity contribution in [1.82, 2.24) is 15.1 Å². The van der Waals surface area contributed by atoms with Crippen LogP contribution in [0.25, 0.3) is 16.9 Å². The molecule has 0 aliphatic carbocycles. The standard InChI is InChI=1S/C22H27N3O2/c1-17(2)27-21-11-9-18(10-12-21)22-19(15-23-13-6-14-26)16-25(24-22)20-7-4-3-5-8-20/h3-5,7-12,16-17,23,26H,6,13-15H2,1-2H3. The fourth-order valence-corrected chi connectivity index (χ4v) is 2.89. The van der Waals surface area contributed by atoms with Gasteiger partial charge in [0.25, 0.3) is 0 Å². The smallest absolute Gasteiger partial charge is 0.119 e. The van der Waals surface area contributed by atoms with Gasteiger partial charge in [0, 0.05) is 30.5 Å². The lowest BCUT2D eigenvalue weighted by atomic mass is 10.1. The fraction of sp³-hybridized carbons (Fsp3) is 0.318. The highest BCUT2D eigenvalue weighted by atomic mass is 16.5. The minimum absolute atomic E-state index is 0.152. The first-order valence-corrected chi connectivity index (χ1v) is 9.40. The maximum atomic E-state index is 8.97. The lowest BCUT2D eigenvalue weighted by Gasteiger charge is -2.10. The molecule has 1 aromatic heterocycles. The molecule has 0 spiro atoms. The van der Waals surface area contributed by atoms with Crippen LogP contribution in [0.15, 0.2) is 60.8 Å². The van der Waals surface area contributed by atoms with E-state index in [0.29, 0.717) is 6.54 Å². The molecule has 2 N–H and O–H groups in total. The number of hydrogen-bond donors (Lipinski definition) is 2. The summed E-state index contributed by atoms with van der Waals surface area (Å²) in [5.74, 6) is 0.860. The van der Waals surface area contributed by atoms with Crippen molar-refractivity contribution >= 4 is 0 Å². The Hall–Kier alpha value is -2.63. The molecule has 3 aromatic rings. The number of benzene rings is 2. The van der Waals surface area contributed by atoms with E-state index in [1.54, 1.807) is 0 Å². The number of aromatic nitrogens is 2. The van der Waals surface area contributed by atoms with E-state index < -0.39 is 0 Å². The van der Waals surface area contributed by atoms with Crippen LogP contribution in [0.2, 0.25) is 0 Å². The van der Waals surface area contributed by atoms with Crippen LogP contribution < -0.4 is 10.1 Å². The zero-order chi connectivity index (χ0) is 19.1. The van der Waals surface area contributed by atoms with Gasteiger partial charge in [-0.15, -0.1) is 0 Å². The second-order valence-electron chi connectivity index (χ2n) is 6.73. The molecule has 2 aromatic carbocycles. The molecular weight excluding hydrogens is 338 g/mol. The summed E-state index contributed by atoms with van der Waals surface area (Å²) < 4.78 is 7.65. The summed E-state index contributed by atoms with van der Waals surface area (Å²) in [5.41, 5.74) is 4.15. The van der Waals surface area contributed by atoms with Gasteiger partial charge in [-0.3, -0.25) is 0 Å². The molecule has 0 saturated carbocycles. The van der Waals surface area contributed by atoms with Gasteiger partial charge in [-0.1, -0.05) is 18.2 Å². The summed E-state index contributed by atoms with van der Waals surface area (Å²) in [7, 11) is 0. The minimum Gasteiger partial charge on any atom is -0.491 e. The number of nitrogens with zero attached hydrogens (tertiary/aromatic N) is 2. The number of aliphatic hydroxyl groups is 1. The number of rotatable bonds is 9. The predicted octanol–water partition coefficient (Wildman–Crippen LogP) is 3.80. The van der Waals surface area contributed by atoms with E-state index in [4.69, 9.17) is 14.9 Å². The number of aliphatic hydroxyl groups excluding tert-OH is 1. The lowest BCUT2D eigenvalue weighted by molar-refractivity contribution is 0.242. The monoisotopic (exact) mass is 365 g/mol. The zero-order valence-corrected chi connectivity index (χ0v) is 15.9. The van der Waals surface area contributed by atoms with Gasteiger partial charge in [0.1, 0.15) is 5.75 Å². The number of hydrogen-bond acceptors (Lipinski definition) is 4. The van der Waals surface area contributed by atoms with Crippen LogP contribution in [0.3, 0.4) is 0 Å². The first kappa shape index (κ1) is 19.1. The van der Waals surface area contributed by atoms with Crippen LogP contribution in [-0.2, 0) is 6.54 Å². The van der Waals surface area contributed by atoms with Crippen LogP contribution in [0.4, 0.5) is 0 Å². The minimum atomic E-state index is 0.152. The summed E-state index contributed by atoms with van der Waals surface area (Å²) in [6.07, 6.45) is 2.96. The van der Waals surface area contributed by atoms with Crippen molar-refractivity contribution in [2.24, 2.45) is 0 Å². The van der Waals surface area contributed by atoms with Crippen LogP contribution in [0, 0.1) is 0 Å². The van der Waals surface area contributed by atoms with E-state index in [-0.39, 0.29) is 12.7 Å². The highest BCUT2D eigenvalue weighted by molar-refractivity contribution is 5.64. The summed E-state index contributed by atoms with van der Waals surface area (Å²) in [6.45, 7) is 5.71. The molecule has 0 saturated heterocycles. The second-order valence-corrected chi connectivity index (χ2v) is 6.73. The molecule has 0 amide bonds. The Morgan fingerprint density at radius 3 is 2.48 bits per heavy atom. The molecule has 142 valence electrons. The van der Waals surface area contributed by atoms with Gasteiger partial charge in [-0.05, 0) is 63.2 Å². The Morgan fingerprint density at radius 1 is 1.07 bits per heavy atom. The lowest BCUT2D eigenvalue weighted by Crippen LogP contribution is -2.15. The summed E-state index contributed by atoms with van der Waals surface area (Å²) in [4.78, 5) is 0. The highest BCUT2D eigenvalue weighted by Crippen LogP contribution is 2.26. The van der Waals surface area contributed by atoms with Crippen molar-refractivity contribution < 1.29 is 9.84 Å². The maximum absolute atomic E-state index is 8.97. The Bertz CT molecular complexity index is 827. The Labute approximate surface area is 160 Å². The number of ether oxygens (including phenoxy) is 1. The third kappa shape index (κ3) is 5.18. The Morgan fingerprint density at radius 2 is 1.81 bits per heavy atom. The zero-order valence-electron chi connectivity index (χ0n) is 15.9. The van der Waals surface area contributed by atoms with E-state index in [9.17, 15) is 0 Å².